The van der Waals surface area contributed by atoms with E-state index in [1.807, 2.05) is 12.1 Å². The van der Waals surface area contributed by atoms with E-state index in [9.17, 15) is 0 Å². The summed E-state index contributed by atoms with van der Waals surface area (Å²) in [5.74, 6) is 1.76. The van der Waals surface area contributed by atoms with Crippen molar-refractivity contribution < 1.29 is 9.47 Å². The van der Waals surface area contributed by atoms with Crippen LogP contribution in [0.2, 0.25) is 0 Å². The maximum absolute atomic E-state index is 5.87. The van der Waals surface area contributed by atoms with E-state index >= 15 is 0 Å². The van der Waals surface area contributed by atoms with Gasteiger partial charge in [-0.1, -0.05) is 42.0 Å². The molecule has 1 aliphatic heterocycles. The standard InChI is InChI=1S/C22H29N3O2/c1-23-22(25-13-9-18-10-15-26-16-11-18)24-12-4-14-27-21-8-7-19-5-2-3-6-20(19)17-21/h2-3,5-8,10,17H,4,9,11-16H2,1H3,(H2,23,24,25). The number of ether oxygens (including phenoxy) is 2. The molecule has 0 aliphatic carbocycles. The van der Waals surface area contributed by atoms with Crippen LogP contribution in [-0.2, 0) is 4.74 Å². The molecule has 0 atom stereocenters. The molecule has 3 rings (SSSR count). The number of nitrogens with zero attached hydrogens (tertiary/aromatic N) is 1. The van der Waals surface area contributed by atoms with Crippen molar-refractivity contribution in [1.82, 2.24) is 10.6 Å². The van der Waals surface area contributed by atoms with E-state index in [0.717, 1.165) is 57.3 Å². The fourth-order valence-corrected chi connectivity index (χ4v) is 3.08. The smallest absolute Gasteiger partial charge is 0.190 e. The average Bonchev–Trinajstić information content (AvgIpc) is 2.73. The van der Waals surface area contributed by atoms with Gasteiger partial charge in [-0.05, 0) is 42.2 Å². The van der Waals surface area contributed by atoms with E-state index in [1.165, 1.54) is 16.3 Å². The Morgan fingerprint density at radius 3 is 2.78 bits per heavy atom. The molecule has 0 spiro atoms. The van der Waals surface area contributed by atoms with Gasteiger partial charge in [0, 0.05) is 20.1 Å². The second-order valence-electron chi connectivity index (χ2n) is 6.57. The Balaban J connectivity index is 1.31. The summed E-state index contributed by atoms with van der Waals surface area (Å²) in [7, 11) is 1.80. The lowest BCUT2D eigenvalue weighted by atomic mass is 10.1. The first kappa shape index (κ1) is 19.2. The molecular formula is C22H29N3O2. The zero-order valence-electron chi connectivity index (χ0n) is 16.0. The van der Waals surface area contributed by atoms with Crippen molar-refractivity contribution in [2.24, 2.45) is 4.99 Å². The first-order chi connectivity index (χ1) is 13.3. The predicted octanol–water partition coefficient (Wildman–Crippen LogP) is 3.51. The van der Waals surface area contributed by atoms with Gasteiger partial charge in [0.15, 0.2) is 5.96 Å². The number of guanidine groups is 1. The van der Waals surface area contributed by atoms with Crippen LogP contribution in [0.3, 0.4) is 0 Å². The highest BCUT2D eigenvalue weighted by Crippen LogP contribution is 2.20. The average molecular weight is 367 g/mol. The van der Waals surface area contributed by atoms with Crippen molar-refractivity contribution in [3.05, 3.63) is 54.1 Å². The second kappa shape index (κ2) is 10.6. The zero-order valence-corrected chi connectivity index (χ0v) is 16.0. The Morgan fingerprint density at radius 2 is 1.96 bits per heavy atom. The van der Waals surface area contributed by atoms with Crippen LogP contribution in [-0.4, -0.2) is 45.9 Å². The summed E-state index contributed by atoms with van der Waals surface area (Å²) in [5, 5.41) is 9.14. The lowest BCUT2D eigenvalue weighted by Gasteiger charge is -2.15. The third-order valence-corrected chi connectivity index (χ3v) is 4.62. The molecule has 0 amide bonds. The van der Waals surface area contributed by atoms with E-state index in [2.05, 4.69) is 52.0 Å². The number of hydrogen-bond donors (Lipinski definition) is 2. The van der Waals surface area contributed by atoms with Crippen LogP contribution in [0.15, 0.2) is 59.1 Å². The van der Waals surface area contributed by atoms with Gasteiger partial charge in [0.25, 0.3) is 0 Å². The summed E-state index contributed by atoms with van der Waals surface area (Å²) in [6.07, 6.45) is 5.18. The first-order valence-electron chi connectivity index (χ1n) is 9.67. The summed E-state index contributed by atoms with van der Waals surface area (Å²) in [6, 6.07) is 14.5. The maximum atomic E-state index is 5.87. The van der Waals surface area contributed by atoms with Gasteiger partial charge >= 0.3 is 0 Å². The Labute approximate surface area is 161 Å². The van der Waals surface area contributed by atoms with E-state index in [1.54, 1.807) is 7.05 Å². The molecular weight excluding hydrogens is 338 g/mol. The molecule has 144 valence electrons. The minimum absolute atomic E-state index is 0.676. The van der Waals surface area contributed by atoms with Gasteiger partial charge < -0.3 is 20.1 Å². The fourth-order valence-electron chi connectivity index (χ4n) is 3.08. The third kappa shape index (κ3) is 6.29. The molecule has 2 N–H and O–H groups in total. The summed E-state index contributed by atoms with van der Waals surface area (Å²) in [5.41, 5.74) is 1.47. The molecule has 1 heterocycles. The minimum atomic E-state index is 0.676. The van der Waals surface area contributed by atoms with Gasteiger partial charge in [0.2, 0.25) is 0 Å². The van der Waals surface area contributed by atoms with Crippen LogP contribution in [0.5, 0.6) is 5.75 Å². The van der Waals surface area contributed by atoms with Crippen molar-refractivity contribution in [3.8, 4) is 5.75 Å². The van der Waals surface area contributed by atoms with Gasteiger partial charge in [-0.3, -0.25) is 4.99 Å². The topological polar surface area (TPSA) is 54.9 Å². The molecule has 2 aromatic rings. The molecule has 0 radical (unpaired) electrons. The van der Waals surface area contributed by atoms with E-state index in [-0.39, 0.29) is 0 Å². The third-order valence-electron chi connectivity index (χ3n) is 4.62. The van der Waals surface area contributed by atoms with Gasteiger partial charge in [0.05, 0.1) is 19.8 Å². The van der Waals surface area contributed by atoms with Gasteiger partial charge in [-0.25, -0.2) is 0 Å². The van der Waals surface area contributed by atoms with Crippen molar-refractivity contribution in [2.45, 2.75) is 19.3 Å². The molecule has 5 heteroatoms. The van der Waals surface area contributed by atoms with E-state index in [0.29, 0.717) is 6.61 Å². The Morgan fingerprint density at radius 1 is 1.11 bits per heavy atom. The van der Waals surface area contributed by atoms with E-state index in [4.69, 9.17) is 9.47 Å². The normalized spacial score (nSPS) is 14.7. The van der Waals surface area contributed by atoms with Crippen LogP contribution < -0.4 is 15.4 Å². The summed E-state index contributed by atoms with van der Waals surface area (Å²) in [6.45, 7) is 3.98. The lowest BCUT2D eigenvalue weighted by molar-refractivity contribution is 0.153. The predicted molar refractivity (Wildman–Crippen MR) is 112 cm³/mol. The first-order valence-corrected chi connectivity index (χ1v) is 9.67. The van der Waals surface area contributed by atoms with Crippen molar-refractivity contribution in [1.29, 1.82) is 0 Å². The lowest BCUT2D eigenvalue weighted by Crippen LogP contribution is -2.38. The van der Waals surface area contributed by atoms with Crippen molar-refractivity contribution in [2.75, 3.05) is 40.0 Å². The number of fused-ring (bicyclic) bond motifs is 1. The molecule has 0 bridgehead atoms. The summed E-state index contributed by atoms with van der Waals surface area (Å²) in [4.78, 5) is 4.27. The van der Waals surface area contributed by atoms with E-state index < -0.39 is 0 Å². The van der Waals surface area contributed by atoms with Crippen LogP contribution in [0.1, 0.15) is 19.3 Å². The van der Waals surface area contributed by atoms with Gasteiger partial charge in [0.1, 0.15) is 5.75 Å². The number of hydrogen-bond acceptors (Lipinski definition) is 3. The molecule has 27 heavy (non-hydrogen) atoms. The quantitative estimate of drug-likeness (QED) is 0.324. The SMILES string of the molecule is CN=C(NCCCOc1ccc2ccccc2c1)NCCC1=CCOCC1. The zero-order chi connectivity index (χ0) is 18.7. The fraction of sp³-hybridized carbons (Fsp3) is 0.409. The Bertz CT molecular complexity index is 786. The molecule has 5 nitrogen and oxygen atoms in total. The molecule has 1 aliphatic rings. The highest BCUT2D eigenvalue weighted by atomic mass is 16.5. The molecule has 0 fully saturated rings. The van der Waals surface area contributed by atoms with Gasteiger partial charge in [-0.2, -0.15) is 0 Å². The van der Waals surface area contributed by atoms with Crippen LogP contribution in [0, 0.1) is 0 Å². The molecule has 0 saturated heterocycles. The largest absolute Gasteiger partial charge is 0.494 e. The highest BCUT2D eigenvalue weighted by molar-refractivity contribution is 5.83. The number of benzene rings is 2. The Hall–Kier alpha value is -2.53. The summed E-state index contributed by atoms with van der Waals surface area (Å²) >= 11 is 0. The van der Waals surface area contributed by atoms with Crippen LogP contribution in [0.25, 0.3) is 10.8 Å². The molecule has 0 unspecified atom stereocenters. The summed E-state index contributed by atoms with van der Waals surface area (Å²) < 4.78 is 11.2. The Kier molecular flexibility index (Phi) is 7.54. The van der Waals surface area contributed by atoms with Crippen LogP contribution in [0.4, 0.5) is 0 Å². The minimum Gasteiger partial charge on any atom is -0.494 e. The van der Waals surface area contributed by atoms with Gasteiger partial charge in [-0.15, -0.1) is 0 Å². The number of aliphatic imine (C=N–C) groups is 1. The number of nitrogens with one attached hydrogen (secondary N) is 2. The van der Waals surface area contributed by atoms with Crippen LogP contribution >= 0.6 is 0 Å². The number of rotatable bonds is 8. The molecule has 0 aromatic heterocycles. The monoisotopic (exact) mass is 367 g/mol. The highest BCUT2D eigenvalue weighted by Gasteiger charge is 2.04. The molecule has 2 aromatic carbocycles. The second-order valence-corrected chi connectivity index (χ2v) is 6.57. The maximum Gasteiger partial charge on any atom is 0.190 e. The van der Waals surface area contributed by atoms with Crippen molar-refractivity contribution in [3.63, 3.8) is 0 Å². The van der Waals surface area contributed by atoms with Crippen molar-refractivity contribution >= 4 is 16.7 Å². The molecule has 0 saturated carbocycles.